The van der Waals surface area contributed by atoms with Gasteiger partial charge in [-0.3, -0.25) is 18.9 Å². The predicted octanol–water partition coefficient (Wildman–Crippen LogP) is 2.06. The first-order valence-corrected chi connectivity index (χ1v) is 9.91. The molecule has 1 aliphatic rings. The average Bonchev–Trinajstić information content (AvgIpc) is 2.98. The van der Waals surface area contributed by atoms with Crippen molar-refractivity contribution in [3.05, 3.63) is 50.4 Å². The van der Waals surface area contributed by atoms with Crippen LogP contribution in [0.25, 0.3) is 16.6 Å². The zero-order valence-corrected chi connectivity index (χ0v) is 17.0. The summed E-state index contributed by atoms with van der Waals surface area (Å²) in [6.45, 7) is 5.52. The monoisotopic (exact) mass is 421 g/mol. The van der Waals surface area contributed by atoms with Crippen molar-refractivity contribution < 1.29 is 4.79 Å². The number of halogens is 2. The Morgan fingerprint density at radius 3 is 2.68 bits per heavy atom. The fourth-order valence-corrected chi connectivity index (χ4v) is 4.17. The lowest BCUT2D eigenvalue weighted by atomic mass is 10.1. The number of carbonyl (C=O) groups excluding carboxylic acids is 1. The standard InChI is InChI=1S/C19H21Cl2N5O2/c1-24-6-8-25(9-7-24)5-4-22-18(27)12-2-3-15-14(10-12)23-19(28)17-13(20)11-16(21)26(15)17/h2-3,10-11H,4-9H2,1H3,(H,22,27)(H,23,28). The minimum atomic E-state index is -0.350. The number of carbonyl (C=O) groups is 1. The van der Waals surface area contributed by atoms with Crippen molar-refractivity contribution in [3.63, 3.8) is 0 Å². The Labute approximate surface area is 171 Å². The van der Waals surface area contributed by atoms with Crippen LogP contribution in [0.1, 0.15) is 10.4 Å². The maximum Gasteiger partial charge on any atom is 0.274 e. The lowest BCUT2D eigenvalue weighted by Gasteiger charge is -2.32. The van der Waals surface area contributed by atoms with Crippen molar-refractivity contribution in [1.82, 2.24) is 24.5 Å². The van der Waals surface area contributed by atoms with Gasteiger partial charge in [0.2, 0.25) is 0 Å². The summed E-state index contributed by atoms with van der Waals surface area (Å²) in [4.78, 5) is 32.3. The van der Waals surface area contributed by atoms with Gasteiger partial charge in [-0.25, -0.2) is 0 Å². The van der Waals surface area contributed by atoms with Crippen LogP contribution in [0.2, 0.25) is 10.2 Å². The zero-order valence-electron chi connectivity index (χ0n) is 15.5. The predicted molar refractivity (Wildman–Crippen MR) is 112 cm³/mol. The molecule has 1 aromatic carbocycles. The van der Waals surface area contributed by atoms with Gasteiger partial charge in [0.15, 0.2) is 0 Å². The molecule has 0 spiro atoms. The first-order valence-electron chi connectivity index (χ1n) is 9.15. The van der Waals surface area contributed by atoms with E-state index in [0.717, 1.165) is 32.7 Å². The largest absolute Gasteiger partial charge is 0.351 e. The number of nitrogens with one attached hydrogen (secondary N) is 2. The Bertz CT molecular complexity index is 1100. The summed E-state index contributed by atoms with van der Waals surface area (Å²) in [5, 5.41) is 3.59. The SMILES string of the molecule is CN1CCN(CCNC(=O)c2ccc3c(c2)[nH]c(=O)c2c(Cl)cc(Cl)n23)CC1. The molecule has 1 aliphatic heterocycles. The van der Waals surface area contributed by atoms with E-state index in [9.17, 15) is 9.59 Å². The topological polar surface area (TPSA) is 72.8 Å². The summed E-state index contributed by atoms with van der Waals surface area (Å²) in [7, 11) is 2.12. The highest BCUT2D eigenvalue weighted by Crippen LogP contribution is 2.26. The molecule has 0 radical (unpaired) electrons. The van der Waals surface area contributed by atoms with E-state index < -0.39 is 0 Å². The Kier molecular flexibility index (Phi) is 5.33. The molecule has 0 saturated carbocycles. The summed E-state index contributed by atoms with van der Waals surface area (Å²) in [5.74, 6) is -0.173. The number of benzene rings is 1. The van der Waals surface area contributed by atoms with Crippen LogP contribution < -0.4 is 10.9 Å². The lowest BCUT2D eigenvalue weighted by Crippen LogP contribution is -2.46. The smallest absolute Gasteiger partial charge is 0.274 e. The number of hydrogen-bond donors (Lipinski definition) is 2. The average molecular weight is 422 g/mol. The van der Waals surface area contributed by atoms with Crippen molar-refractivity contribution in [1.29, 1.82) is 0 Å². The van der Waals surface area contributed by atoms with Crippen LogP contribution >= 0.6 is 23.2 Å². The normalized spacial score (nSPS) is 16.1. The van der Waals surface area contributed by atoms with Gasteiger partial charge in [0, 0.05) is 44.8 Å². The van der Waals surface area contributed by atoms with Crippen molar-refractivity contribution in [2.75, 3.05) is 46.3 Å². The first kappa shape index (κ1) is 19.3. The molecule has 0 bridgehead atoms. The molecular weight excluding hydrogens is 401 g/mol. The van der Waals surface area contributed by atoms with Gasteiger partial charge in [-0.05, 0) is 31.3 Å². The highest BCUT2D eigenvalue weighted by molar-refractivity contribution is 6.37. The van der Waals surface area contributed by atoms with Gasteiger partial charge >= 0.3 is 0 Å². The molecule has 1 amide bonds. The van der Waals surface area contributed by atoms with Crippen LogP contribution in [0, 0.1) is 0 Å². The Morgan fingerprint density at radius 1 is 1.18 bits per heavy atom. The number of fused-ring (bicyclic) bond motifs is 3. The second-order valence-electron chi connectivity index (χ2n) is 7.09. The van der Waals surface area contributed by atoms with E-state index in [1.54, 1.807) is 22.6 Å². The van der Waals surface area contributed by atoms with Crippen LogP contribution in [0.15, 0.2) is 29.1 Å². The molecule has 7 nitrogen and oxygen atoms in total. The maximum atomic E-state index is 12.5. The number of aromatic nitrogens is 2. The molecule has 1 saturated heterocycles. The molecule has 3 aromatic rings. The molecule has 28 heavy (non-hydrogen) atoms. The quantitative estimate of drug-likeness (QED) is 0.676. The third-order valence-electron chi connectivity index (χ3n) is 5.18. The second-order valence-corrected chi connectivity index (χ2v) is 7.88. The van der Waals surface area contributed by atoms with Gasteiger partial charge in [0.25, 0.3) is 11.5 Å². The molecule has 1 fully saturated rings. The van der Waals surface area contributed by atoms with E-state index in [0.29, 0.717) is 38.8 Å². The molecule has 4 rings (SSSR count). The van der Waals surface area contributed by atoms with Gasteiger partial charge in [0.1, 0.15) is 10.7 Å². The van der Waals surface area contributed by atoms with Crippen molar-refractivity contribution in [2.45, 2.75) is 0 Å². The molecule has 2 N–H and O–H groups in total. The molecule has 9 heteroatoms. The zero-order chi connectivity index (χ0) is 19.8. The highest BCUT2D eigenvalue weighted by Gasteiger charge is 2.16. The minimum absolute atomic E-state index is 0.173. The summed E-state index contributed by atoms with van der Waals surface area (Å²) >= 11 is 12.3. The second kappa shape index (κ2) is 7.75. The summed E-state index contributed by atoms with van der Waals surface area (Å²) in [5.41, 5.74) is 1.63. The number of rotatable bonds is 4. The van der Waals surface area contributed by atoms with Crippen LogP contribution in [-0.2, 0) is 0 Å². The van der Waals surface area contributed by atoms with E-state index in [-0.39, 0.29) is 11.5 Å². The number of piperazine rings is 1. The molecule has 148 valence electrons. The molecule has 2 aromatic heterocycles. The Hall–Kier alpha value is -2.06. The van der Waals surface area contributed by atoms with Crippen LogP contribution in [0.4, 0.5) is 0 Å². The van der Waals surface area contributed by atoms with E-state index >= 15 is 0 Å². The number of aromatic amines is 1. The fourth-order valence-electron chi connectivity index (χ4n) is 3.55. The highest BCUT2D eigenvalue weighted by atomic mass is 35.5. The fraction of sp³-hybridized carbons (Fsp3) is 0.368. The third-order valence-corrected chi connectivity index (χ3v) is 5.75. The number of amides is 1. The Balaban J connectivity index is 1.51. The Morgan fingerprint density at radius 2 is 1.93 bits per heavy atom. The van der Waals surface area contributed by atoms with E-state index in [2.05, 4.69) is 27.1 Å². The lowest BCUT2D eigenvalue weighted by molar-refractivity contribution is 0.0941. The molecule has 0 aliphatic carbocycles. The minimum Gasteiger partial charge on any atom is -0.351 e. The van der Waals surface area contributed by atoms with Gasteiger partial charge in [-0.15, -0.1) is 0 Å². The van der Waals surface area contributed by atoms with Crippen LogP contribution in [0.3, 0.4) is 0 Å². The van der Waals surface area contributed by atoms with Gasteiger partial charge in [-0.2, -0.15) is 0 Å². The molecule has 0 unspecified atom stereocenters. The van der Waals surface area contributed by atoms with E-state index in [1.807, 2.05) is 0 Å². The number of hydrogen-bond acceptors (Lipinski definition) is 4. The first-order chi connectivity index (χ1) is 13.4. The summed E-state index contributed by atoms with van der Waals surface area (Å²) < 4.78 is 1.59. The van der Waals surface area contributed by atoms with Crippen molar-refractivity contribution >= 4 is 45.7 Å². The van der Waals surface area contributed by atoms with Crippen LogP contribution in [-0.4, -0.2) is 71.4 Å². The third kappa shape index (κ3) is 3.63. The number of H-pyrrole nitrogens is 1. The van der Waals surface area contributed by atoms with Gasteiger partial charge in [0.05, 0.1) is 16.1 Å². The van der Waals surface area contributed by atoms with Gasteiger partial charge < -0.3 is 15.2 Å². The van der Waals surface area contributed by atoms with Crippen LogP contribution in [0.5, 0.6) is 0 Å². The number of nitrogens with zero attached hydrogens (tertiary/aromatic N) is 3. The summed E-state index contributed by atoms with van der Waals surface area (Å²) in [6.07, 6.45) is 0. The molecule has 0 atom stereocenters. The number of likely N-dealkylation sites (N-methyl/N-ethyl adjacent to an activating group) is 1. The summed E-state index contributed by atoms with van der Waals surface area (Å²) in [6, 6.07) is 6.67. The maximum absolute atomic E-state index is 12.5. The van der Waals surface area contributed by atoms with Gasteiger partial charge in [-0.1, -0.05) is 23.2 Å². The van der Waals surface area contributed by atoms with E-state index in [1.165, 1.54) is 6.07 Å². The van der Waals surface area contributed by atoms with Crippen molar-refractivity contribution in [3.8, 4) is 0 Å². The van der Waals surface area contributed by atoms with Crippen molar-refractivity contribution in [2.24, 2.45) is 0 Å². The molecular formula is C19H21Cl2N5O2. The molecule has 3 heterocycles. The van der Waals surface area contributed by atoms with E-state index in [4.69, 9.17) is 23.2 Å².